The van der Waals surface area contributed by atoms with Gasteiger partial charge in [0.15, 0.2) is 5.69 Å². The van der Waals surface area contributed by atoms with Gasteiger partial charge in [0.25, 0.3) is 0 Å². The molecule has 0 spiro atoms. The first kappa shape index (κ1) is 15.4. The molecule has 0 aliphatic heterocycles. The molecule has 2 aromatic rings. The van der Waals surface area contributed by atoms with E-state index in [4.69, 9.17) is 0 Å². The van der Waals surface area contributed by atoms with Crippen LogP contribution in [0.25, 0.3) is 10.6 Å². The number of nitrogens with zero attached hydrogens (tertiary/aromatic N) is 3. The lowest BCUT2D eigenvalue weighted by molar-refractivity contribution is -0.140. The highest BCUT2D eigenvalue weighted by atomic mass is 32.1. The van der Waals surface area contributed by atoms with E-state index in [-0.39, 0.29) is 21.2 Å². The fraction of sp³-hybridized carbons (Fsp3) is 0.250. The molecule has 0 atom stereocenters. The second-order valence-electron chi connectivity index (χ2n) is 3.95. The fourth-order valence-corrected chi connectivity index (χ4v) is 2.59. The summed E-state index contributed by atoms with van der Waals surface area (Å²) in [6.45, 7) is 1.37. The molecule has 0 unspecified atom stereocenters. The van der Waals surface area contributed by atoms with E-state index in [0.717, 1.165) is 23.6 Å². The Balaban J connectivity index is 2.58. The molecule has 0 fully saturated rings. The van der Waals surface area contributed by atoms with Gasteiger partial charge in [0.05, 0.1) is 16.8 Å². The number of hydrogen-bond acceptors (Lipinski definition) is 5. The lowest BCUT2D eigenvalue weighted by Gasteiger charge is -2.04. The Morgan fingerprint density at radius 1 is 1.33 bits per heavy atom. The Bertz CT molecular complexity index is 681. The molecule has 0 N–H and O–H groups in total. The predicted octanol–water partition coefficient (Wildman–Crippen LogP) is 3.73. The molecule has 0 amide bonds. The lowest BCUT2D eigenvalue weighted by Crippen LogP contribution is -2.11. The van der Waals surface area contributed by atoms with Crippen molar-refractivity contribution in [3.05, 3.63) is 34.8 Å². The molecule has 0 aromatic carbocycles. The minimum absolute atomic E-state index is 0.00924. The van der Waals surface area contributed by atoms with Gasteiger partial charge in [-0.3, -0.25) is 4.98 Å². The highest BCUT2D eigenvalue weighted by Crippen LogP contribution is 2.38. The van der Waals surface area contributed by atoms with Crippen molar-refractivity contribution in [2.75, 3.05) is 7.11 Å². The number of oxime groups is 1. The lowest BCUT2D eigenvalue weighted by atomic mass is 10.2. The number of hydrogen-bond donors (Lipinski definition) is 0. The average molecular weight is 319 g/mol. The molecule has 0 radical (unpaired) electrons. The van der Waals surface area contributed by atoms with Gasteiger partial charge < -0.3 is 4.84 Å². The molecule has 0 aliphatic carbocycles. The van der Waals surface area contributed by atoms with Crippen molar-refractivity contribution in [1.29, 1.82) is 0 Å². The molecule has 112 valence electrons. The van der Waals surface area contributed by atoms with Crippen LogP contribution < -0.4 is 0 Å². The second kappa shape index (κ2) is 5.76. The van der Waals surface area contributed by atoms with Crippen LogP contribution in [0, 0.1) is 5.82 Å². The van der Waals surface area contributed by atoms with E-state index in [9.17, 15) is 17.6 Å². The summed E-state index contributed by atoms with van der Waals surface area (Å²) in [4.78, 5) is 11.5. The van der Waals surface area contributed by atoms with Gasteiger partial charge in [0.2, 0.25) is 0 Å². The van der Waals surface area contributed by atoms with Crippen molar-refractivity contribution < 1.29 is 22.4 Å². The first-order valence-corrected chi connectivity index (χ1v) is 6.41. The zero-order chi connectivity index (χ0) is 15.6. The van der Waals surface area contributed by atoms with E-state index in [0.29, 0.717) is 0 Å². The van der Waals surface area contributed by atoms with Crippen molar-refractivity contribution in [1.82, 2.24) is 9.97 Å². The van der Waals surface area contributed by atoms with E-state index in [1.54, 1.807) is 0 Å². The van der Waals surface area contributed by atoms with Crippen molar-refractivity contribution in [2.45, 2.75) is 13.1 Å². The minimum atomic E-state index is -4.64. The maximum Gasteiger partial charge on any atom is 0.434 e. The smallest absolute Gasteiger partial charge is 0.399 e. The van der Waals surface area contributed by atoms with Crippen LogP contribution in [0.4, 0.5) is 17.6 Å². The third kappa shape index (κ3) is 3.35. The molecule has 2 heterocycles. The third-order valence-electron chi connectivity index (χ3n) is 2.40. The minimum Gasteiger partial charge on any atom is -0.399 e. The molecule has 2 aromatic heterocycles. The second-order valence-corrected chi connectivity index (χ2v) is 4.94. The Kier molecular flexibility index (Phi) is 4.21. The number of pyridine rings is 1. The Hall–Kier alpha value is -2.03. The Morgan fingerprint density at radius 3 is 2.62 bits per heavy atom. The first-order valence-electron chi connectivity index (χ1n) is 5.60. The summed E-state index contributed by atoms with van der Waals surface area (Å²) in [5, 5.41) is 3.50. The van der Waals surface area contributed by atoms with Crippen LogP contribution in [-0.2, 0) is 11.0 Å². The van der Waals surface area contributed by atoms with Crippen LogP contribution in [0.3, 0.4) is 0 Å². The zero-order valence-corrected chi connectivity index (χ0v) is 11.7. The van der Waals surface area contributed by atoms with E-state index >= 15 is 0 Å². The summed E-state index contributed by atoms with van der Waals surface area (Å²) < 4.78 is 52.2. The van der Waals surface area contributed by atoms with E-state index in [2.05, 4.69) is 20.0 Å². The van der Waals surface area contributed by atoms with E-state index in [1.165, 1.54) is 20.2 Å². The van der Waals surface area contributed by atoms with Gasteiger partial charge in [-0.2, -0.15) is 13.2 Å². The molecule has 0 aliphatic rings. The normalized spacial score (nSPS) is 12.6. The van der Waals surface area contributed by atoms with Crippen molar-refractivity contribution in [3.8, 4) is 10.6 Å². The summed E-state index contributed by atoms with van der Waals surface area (Å²) >= 11 is 0.748. The quantitative estimate of drug-likeness (QED) is 0.492. The van der Waals surface area contributed by atoms with Crippen molar-refractivity contribution in [2.24, 2.45) is 5.16 Å². The number of rotatable bonds is 3. The standard InChI is InChI=1S/C12H9F4N3OS/c1-6(19-20-2)9-10(12(14,15)16)18-11(21-9)7-3-8(13)5-17-4-7/h3-5H,1-2H3/b19-6+. The van der Waals surface area contributed by atoms with Crippen LogP contribution in [0.5, 0.6) is 0 Å². The first-order chi connectivity index (χ1) is 9.82. The Morgan fingerprint density at radius 2 is 2.05 bits per heavy atom. The molecule has 0 saturated heterocycles. The van der Waals surface area contributed by atoms with E-state index in [1.807, 2.05) is 0 Å². The highest BCUT2D eigenvalue weighted by Gasteiger charge is 2.38. The summed E-state index contributed by atoms with van der Waals surface area (Å²) in [5.74, 6) is -0.653. The van der Waals surface area contributed by atoms with Gasteiger partial charge in [-0.15, -0.1) is 11.3 Å². The zero-order valence-electron chi connectivity index (χ0n) is 10.9. The fourth-order valence-electron chi connectivity index (χ4n) is 1.59. The average Bonchev–Trinajstić information content (AvgIpc) is 2.84. The van der Waals surface area contributed by atoms with Gasteiger partial charge >= 0.3 is 6.18 Å². The van der Waals surface area contributed by atoms with Gasteiger partial charge in [0.1, 0.15) is 17.9 Å². The van der Waals surface area contributed by atoms with Gasteiger partial charge in [0, 0.05) is 11.8 Å². The summed E-state index contributed by atoms with van der Waals surface area (Å²) in [5.41, 5.74) is -0.870. The van der Waals surface area contributed by atoms with Gasteiger partial charge in [-0.25, -0.2) is 9.37 Å². The van der Waals surface area contributed by atoms with Crippen molar-refractivity contribution in [3.63, 3.8) is 0 Å². The van der Waals surface area contributed by atoms with E-state index < -0.39 is 17.7 Å². The molecule has 9 heteroatoms. The maximum atomic E-state index is 13.1. The molecule has 4 nitrogen and oxygen atoms in total. The van der Waals surface area contributed by atoms with Gasteiger partial charge in [-0.1, -0.05) is 5.16 Å². The SMILES string of the molecule is CO/N=C(\C)c1sc(-c2cncc(F)c2)nc1C(F)(F)F. The largest absolute Gasteiger partial charge is 0.434 e. The van der Waals surface area contributed by atoms with Crippen molar-refractivity contribution >= 4 is 17.0 Å². The number of thiazole rings is 1. The maximum absolute atomic E-state index is 13.1. The molecular formula is C12H9F4N3OS. The summed E-state index contributed by atoms with van der Waals surface area (Å²) in [6.07, 6.45) is -2.44. The number of aromatic nitrogens is 2. The molecular weight excluding hydrogens is 310 g/mol. The predicted molar refractivity (Wildman–Crippen MR) is 69.5 cm³/mol. The number of halogens is 4. The highest BCUT2D eigenvalue weighted by molar-refractivity contribution is 7.17. The summed E-state index contributed by atoms with van der Waals surface area (Å²) in [6, 6.07) is 1.07. The summed E-state index contributed by atoms with van der Waals surface area (Å²) in [7, 11) is 1.23. The molecule has 0 bridgehead atoms. The molecule has 2 rings (SSSR count). The van der Waals surface area contributed by atoms with Crippen LogP contribution in [0.15, 0.2) is 23.6 Å². The number of alkyl halides is 3. The molecule has 0 saturated carbocycles. The topological polar surface area (TPSA) is 47.4 Å². The Labute approximate surface area is 121 Å². The van der Waals surface area contributed by atoms with Crippen LogP contribution >= 0.6 is 11.3 Å². The monoisotopic (exact) mass is 319 g/mol. The molecule has 21 heavy (non-hydrogen) atoms. The van der Waals surface area contributed by atoms with Crippen LogP contribution in [-0.4, -0.2) is 22.8 Å². The van der Waals surface area contributed by atoms with Crippen LogP contribution in [0.2, 0.25) is 0 Å². The van der Waals surface area contributed by atoms with Gasteiger partial charge in [-0.05, 0) is 13.0 Å². The van der Waals surface area contributed by atoms with Crippen LogP contribution in [0.1, 0.15) is 17.5 Å². The third-order valence-corrected chi connectivity index (χ3v) is 3.62.